The molecule has 0 spiro atoms. The lowest BCUT2D eigenvalue weighted by Gasteiger charge is -2.73. The number of rotatable bonds is 4. The van der Waals surface area contributed by atoms with E-state index in [4.69, 9.17) is 4.74 Å². The van der Waals surface area contributed by atoms with Crippen LogP contribution in [0, 0.1) is 62.6 Å². The molecule has 2 N–H and O–H groups in total. The molecular weight excluding hydrogens is 468 g/mol. The lowest BCUT2D eigenvalue weighted by molar-refractivity contribution is -0.241. The van der Waals surface area contributed by atoms with Gasteiger partial charge < -0.3 is 14.9 Å². The predicted molar refractivity (Wildman–Crippen MR) is 155 cm³/mol. The van der Waals surface area contributed by atoms with Crippen molar-refractivity contribution in [1.82, 2.24) is 0 Å². The Bertz CT molecular complexity index is 900. The molecule has 0 aromatic heterocycles. The van der Waals surface area contributed by atoms with Crippen LogP contribution in [0.2, 0.25) is 0 Å². The van der Waals surface area contributed by atoms with Gasteiger partial charge in [0.1, 0.15) is 12.2 Å². The molecule has 3 heteroatoms. The first-order valence-electron chi connectivity index (χ1n) is 16.8. The molecule has 3 nitrogen and oxygen atoms in total. The molecule has 1 aliphatic heterocycles. The van der Waals surface area contributed by atoms with Crippen LogP contribution in [0.15, 0.2) is 0 Å². The summed E-state index contributed by atoms with van der Waals surface area (Å²) in [6.07, 6.45) is 16.3. The highest BCUT2D eigenvalue weighted by Gasteiger charge is 2.70. The van der Waals surface area contributed by atoms with E-state index in [9.17, 15) is 10.2 Å². The second-order valence-electron chi connectivity index (χ2n) is 17.3. The summed E-state index contributed by atoms with van der Waals surface area (Å²) < 4.78 is 5.72. The smallest absolute Gasteiger partial charge is 0.108 e. The largest absolute Gasteiger partial charge is 0.388 e. The Hall–Kier alpha value is -0.120. The van der Waals surface area contributed by atoms with E-state index in [0.717, 1.165) is 42.4 Å². The molecule has 0 radical (unpaired) electrons. The lowest BCUT2D eigenvalue weighted by Crippen LogP contribution is -2.65. The van der Waals surface area contributed by atoms with Crippen molar-refractivity contribution in [3.8, 4) is 0 Å². The van der Waals surface area contributed by atoms with E-state index in [2.05, 4.69) is 48.5 Å². The Morgan fingerprint density at radius 2 is 1.39 bits per heavy atom. The maximum atomic E-state index is 10.3. The van der Waals surface area contributed by atoms with Crippen molar-refractivity contribution in [3.05, 3.63) is 0 Å². The summed E-state index contributed by atoms with van der Waals surface area (Å²) in [5.41, 5.74) is 2.51. The fourth-order valence-corrected chi connectivity index (χ4v) is 13.6. The van der Waals surface area contributed by atoms with E-state index in [1.165, 1.54) is 70.6 Å². The van der Waals surface area contributed by atoms with Crippen molar-refractivity contribution < 1.29 is 14.9 Å². The van der Waals surface area contributed by atoms with Crippen molar-refractivity contribution in [3.63, 3.8) is 0 Å². The van der Waals surface area contributed by atoms with Gasteiger partial charge in [0, 0.05) is 0 Å². The summed E-state index contributed by atoms with van der Waals surface area (Å²) in [7, 11) is 0. The molecule has 38 heavy (non-hydrogen) atoms. The maximum Gasteiger partial charge on any atom is 0.108 e. The third-order valence-electron chi connectivity index (χ3n) is 15.7. The summed E-state index contributed by atoms with van der Waals surface area (Å²) in [5, 5.41) is 20.2. The quantitative estimate of drug-likeness (QED) is 0.388. The lowest BCUT2D eigenvalue weighted by atomic mass is 9.32. The third kappa shape index (κ3) is 3.75. The molecule has 5 aliphatic carbocycles. The van der Waals surface area contributed by atoms with E-state index in [1.807, 2.05) is 0 Å². The van der Waals surface area contributed by atoms with E-state index >= 15 is 0 Å². The van der Waals surface area contributed by atoms with Crippen molar-refractivity contribution in [2.45, 2.75) is 150 Å². The maximum absolute atomic E-state index is 10.3. The van der Waals surface area contributed by atoms with E-state index < -0.39 is 12.2 Å². The van der Waals surface area contributed by atoms with Crippen LogP contribution in [-0.4, -0.2) is 35.1 Å². The first-order valence-corrected chi connectivity index (χ1v) is 16.8. The van der Waals surface area contributed by atoms with Crippen LogP contribution in [0.5, 0.6) is 0 Å². The Kier molecular flexibility index (Phi) is 6.78. The molecule has 0 bridgehead atoms. The second kappa shape index (κ2) is 9.19. The van der Waals surface area contributed by atoms with Crippen LogP contribution >= 0.6 is 0 Å². The standard InChI is InChI=1S/C35H60O3/c1-22(9-10-26-30(37)25(36)21-38-26)23-13-18-32(4)24(23)14-19-34(6)28(32)11-12-29-33(5)17-8-16-31(2,3)27(33)15-20-35(29,34)7/h22-30,36-37H,8-21H2,1-7H3/t22-,23+,24-,25-,26+,27-,28+,29+,30-,32-,33-,34+,35+/m0/s1. The fourth-order valence-electron chi connectivity index (χ4n) is 13.6. The number of hydrogen-bond acceptors (Lipinski definition) is 3. The number of fused-ring (bicyclic) bond motifs is 7. The van der Waals surface area contributed by atoms with Gasteiger partial charge in [0.05, 0.1) is 12.7 Å². The first kappa shape index (κ1) is 28.0. The Labute approximate surface area is 234 Å². The van der Waals surface area contributed by atoms with Crippen LogP contribution < -0.4 is 0 Å². The molecule has 0 aromatic rings. The highest BCUT2D eigenvalue weighted by molar-refractivity contribution is 5.19. The monoisotopic (exact) mass is 528 g/mol. The van der Waals surface area contributed by atoms with Gasteiger partial charge in [-0.05, 0) is 140 Å². The number of hydrogen-bond donors (Lipinski definition) is 2. The zero-order chi connectivity index (χ0) is 27.3. The minimum atomic E-state index is -0.700. The van der Waals surface area contributed by atoms with Gasteiger partial charge in [0.15, 0.2) is 0 Å². The van der Waals surface area contributed by atoms with Gasteiger partial charge in [-0.2, -0.15) is 0 Å². The molecule has 13 atom stereocenters. The molecule has 6 aliphatic rings. The number of aliphatic hydroxyl groups is 2. The molecule has 0 unspecified atom stereocenters. The Balaban J connectivity index is 1.21. The van der Waals surface area contributed by atoms with Gasteiger partial charge in [-0.25, -0.2) is 0 Å². The molecule has 6 fully saturated rings. The van der Waals surface area contributed by atoms with E-state index in [-0.39, 0.29) is 6.10 Å². The molecule has 218 valence electrons. The molecular formula is C35H60O3. The minimum Gasteiger partial charge on any atom is -0.388 e. The average Bonchev–Trinajstić information content (AvgIpc) is 3.36. The number of aliphatic hydroxyl groups excluding tert-OH is 2. The van der Waals surface area contributed by atoms with Crippen molar-refractivity contribution in [2.24, 2.45) is 62.6 Å². The summed E-state index contributed by atoms with van der Waals surface area (Å²) in [5.74, 6) is 5.03. The van der Waals surface area contributed by atoms with Gasteiger partial charge in [-0.1, -0.05) is 54.9 Å². The second-order valence-corrected chi connectivity index (χ2v) is 17.3. The first-order chi connectivity index (χ1) is 17.8. The van der Waals surface area contributed by atoms with Gasteiger partial charge in [-0.15, -0.1) is 0 Å². The predicted octanol–water partition coefficient (Wildman–Crippen LogP) is 8.01. The molecule has 6 rings (SSSR count). The Morgan fingerprint density at radius 3 is 2.05 bits per heavy atom. The Morgan fingerprint density at radius 1 is 0.737 bits per heavy atom. The van der Waals surface area contributed by atoms with Crippen LogP contribution in [0.4, 0.5) is 0 Å². The summed E-state index contributed by atoms with van der Waals surface area (Å²) in [6.45, 7) is 19.0. The van der Waals surface area contributed by atoms with Crippen molar-refractivity contribution in [1.29, 1.82) is 0 Å². The zero-order valence-corrected chi connectivity index (χ0v) is 25.9. The SMILES string of the molecule is C[C@@H](CC[C@H]1OC[C@H](O)[C@@H]1O)[C@H]1CC[C@]2(C)[C@H]3CC[C@@H]4[C@@]5(C)CCCC(C)(C)[C@@H]5CC[C@@]4(C)[C@]3(C)CC[C@@H]12. The summed E-state index contributed by atoms with van der Waals surface area (Å²) >= 11 is 0. The molecule has 1 heterocycles. The van der Waals surface area contributed by atoms with Crippen molar-refractivity contribution >= 4 is 0 Å². The van der Waals surface area contributed by atoms with Crippen LogP contribution in [0.25, 0.3) is 0 Å². The van der Waals surface area contributed by atoms with E-state index in [1.54, 1.807) is 0 Å². The van der Waals surface area contributed by atoms with Crippen LogP contribution in [0.3, 0.4) is 0 Å². The normalized spacial score (nSPS) is 56.4. The van der Waals surface area contributed by atoms with Gasteiger partial charge in [0.25, 0.3) is 0 Å². The summed E-state index contributed by atoms with van der Waals surface area (Å²) in [4.78, 5) is 0. The number of ether oxygens (including phenoxy) is 1. The van der Waals surface area contributed by atoms with Gasteiger partial charge in [0.2, 0.25) is 0 Å². The van der Waals surface area contributed by atoms with Crippen LogP contribution in [-0.2, 0) is 4.74 Å². The molecule has 0 amide bonds. The molecule has 5 saturated carbocycles. The molecule has 0 aromatic carbocycles. The van der Waals surface area contributed by atoms with Gasteiger partial charge in [-0.3, -0.25) is 0 Å². The fraction of sp³-hybridized carbons (Fsp3) is 1.00. The highest BCUT2D eigenvalue weighted by Crippen LogP contribution is 2.78. The third-order valence-corrected chi connectivity index (χ3v) is 15.7. The molecule has 1 saturated heterocycles. The minimum absolute atomic E-state index is 0.175. The van der Waals surface area contributed by atoms with E-state index in [0.29, 0.717) is 39.6 Å². The van der Waals surface area contributed by atoms with Crippen molar-refractivity contribution in [2.75, 3.05) is 6.61 Å². The highest BCUT2D eigenvalue weighted by atomic mass is 16.5. The van der Waals surface area contributed by atoms with Gasteiger partial charge >= 0.3 is 0 Å². The zero-order valence-electron chi connectivity index (χ0n) is 25.9. The average molecular weight is 529 g/mol. The topological polar surface area (TPSA) is 49.7 Å². The van der Waals surface area contributed by atoms with Crippen LogP contribution in [0.1, 0.15) is 132 Å². The summed E-state index contributed by atoms with van der Waals surface area (Å²) in [6, 6.07) is 0.